The quantitative estimate of drug-likeness (QED) is 0.447. The number of anilines is 1. The molecule has 2 N–H and O–H groups in total. The first-order chi connectivity index (χ1) is 19.9. The smallest absolute Gasteiger partial charge is 0.337 e. The Morgan fingerprint density at radius 2 is 1.71 bits per heavy atom. The number of aryl methyl sites for hydroxylation is 1. The fourth-order valence-corrected chi connectivity index (χ4v) is 6.77. The lowest BCUT2D eigenvalue weighted by atomic mass is 10.00. The summed E-state index contributed by atoms with van der Waals surface area (Å²) in [5.41, 5.74) is 3.36. The van der Waals surface area contributed by atoms with E-state index in [1.165, 1.54) is 16.4 Å². The number of amides is 3. The SMILES string of the molecule is Cc1cc(NC(=O)NCCN2CCN(S(=O)(=O)c3ccc4c(c3)CN(C(=O)C(F)(F)F)CC4)CC2)c2ccccc2n1. The Balaban J connectivity index is 1.12. The summed E-state index contributed by atoms with van der Waals surface area (Å²) in [6.07, 6.45) is -4.76. The van der Waals surface area contributed by atoms with Crippen LogP contribution in [0.1, 0.15) is 16.8 Å². The zero-order valence-corrected chi connectivity index (χ0v) is 23.8. The fraction of sp³-hybridized carbons (Fsp3) is 0.393. The molecule has 3 aromatic rings. The van der Waals surface area contributed by atoms with Crippen LogP contribution in [-0.2, 0) is 27.8 Å². The van der Waals surface area contributed by atoms with E-state index in [0.717, 1.165) is 22.2 Å². The summed E-state index contributed by atoms with van der Waals surface area (Å²) in [6, 6.07) is 13.4. The predicted molar refractivity (Wildman–Crippen MR) is 150 cm³/mol. The standard InChI is InChI=1S/C28H31F3N6O4S/c1-19-16-25(23-4-2-3-5-24(23)33-19)34-27(39)32-9-11-35-12-14-37(15-13-35)42(40,41)22-7-6-20-8-10-36(18-21(20)17-22)26(38)28(29,30)31/h2-7,16-17H,8-15,18H2,1H3,(H2,32,33,34,39). The van der Waals surface area contributed by atoms with Crippen molar-refractivity contribution < 1.29 is 31.2 Å². The Bertz CT molecular complexity index is 1610. The number of benzene rings is 2. The summed E-state index contributed by atoms with van der Waals surface area (Å²) >= 11 is 0. The lowest BCUT2D eigenvalue weighted by molar-refractivity contribution is -0.186. The van der Waals surface area contributed by atoms with Gasteiger partial charge in [-0.15, -0.1) is 0 Å². The van der Waals surface area contributed by atoms with Gasteiger partial charge in [0.1, 0.15) is 0 Å². The van der Waals surface area contributed by atoms with E-state index in [2.05, 4.69) is 15.6 Å². The monoisotopic (exact) mass is 604 g/mol. The Morgan fingerprint density at radius 3 is 2.45 bits per heavy atom. The molecule has 0 bridgehead atoms. The average Bonchev–Trinajstić information content (AvgIpc) is 2.96. The van der Waals surface area contributed by atoms with Gasteiger partial charge in [0.05, 0.1) is 16.1 Å². The van der Waals surface area contributed by atoms with Gasteiger partial charge >= 0.3 is 18.1 Å². The van der Waals surface area contributed by atoms with E-state index in [4.69, 9.17) is 0 Å². The van der Waals surface area contributed by atoms with E-state index in [9.17, 15) is 31.2 Å². The first-order valence-electron chi connectivity index (χ1n) is 13.5. The number of hydrogen-bond donors (Lipinski definition) is 2. The van der Waals surface area contributed by atoms with E-state index in [-0.39, 0.29) is 43.5 Å². The number of halogens is 3. The molecule has 5 rings (SSSR count). The number of rotatable bonds is 6. The molecule has 42 heavy (non-hydrogen) atoms. The van der Waals surface area contributed by atoms with Crippen LogP contribution in [0.15, 0.2) is 53.4 Å². The van der Waals surface area contributed by atoms with Crippen molar-refractivity contribution in [2.75, 3.05) is 51.1 Å². The fourth-order valence-electron chi connectivity index (χ4n) is 5.29. The van der Waals surface area contributed by atoms with Crippen LogP contribution in [0, 0.1) is 6.92 Å². The molecule has 0 atom stereocenters. The molecule has 2 aliphatic heterocycles. The molecule has 3 amide bonds. The summed E-state index contributed by atoms with van der Waals surface area (Å²) in [4.78, 5) is 31.4. The van der Waals surface area contributed by atoms with E-state index in [1.807, 2.05) is 42.2 Å². The molecule has 0 unspecified atom stereocenters. The second-order valence-corrected chi connectivity index (χ2v) is 12.3. The number of carbonyl (C=O) groups is 2. The van der Waals surface area contributed by atoms with Crippen LogP contribution in [0.25, 0.3) is 10.9 Å². The highest BCUT2D eigenvalue weighted by Gasteiger charge is 2.43. The number of carbonyl (C=O) groups excluding carboxylic acids is 2. The summed E-state index contributed by atoms with van der Waals surface area (Å²) in [7, 11) is -3.88. The maximum atomic E-state index is 13.3. The molecule has 1 saturated heterocycles. The highest BCUT2D eigenvalue weighted by Crippen LogP contribution is 2.28. The van der Waals surface area contributed by atoms with Gasteiger partial charge in [-0.25, -0.2) is 13.2 Å². The van der Waals surface area contributed by atoms with Crippen molar-refractivity contribution in [2.45, 2.75) is 31.0 Å². The number of nitrogens with zero attached hydrogens (tertiary/aromatic N) is 4. The van der Waals surface area contributed by atoms with Crippen LogP contribution < -0.4 is 10.6 Å². The van der Waals surface area contributed by atoms with Crippen molar-refractivity contribution in [3.05, 3.63) is 65.4 Å². The van der Waals surface area contributed by atoms with Gasteiger partial charge < -0.3 is 15.5 Å². The molecule has 0 spiro atoms. The van der Waals surface area contributed by atoms with Crippen molar-refractivity contribution >= 4 is 38.6 Å². The van der Waals surface area contributed by atoms with Gasteiger partial charge in [-0.2, -0.15) is 17.5 Å². The molecule has 1 fully saturated rings. The number of pyridine rings is 1. The Hall–Kier alpha value is -3.75. The molecule has 3 heterocycles. The molecule has 10 nitrogen and oxygen atoms in total. The van der Waals surface area contributed by atoms with Gasteiger partial charge in [0.25, 0.3) is 0 Å². The number of fused-ring (bicyclic) bond motifs is 2. The second-order valence-electron chi connectivity index (χ2n) is 10.4. The molecule has 0 saturated carbocycles. The van der Waals surface area contributed by atoms with E-state index in [0.29, 0.717) is 42.3 Å². The summed E-state index contributed by atoms with van der Waals surface area (Å²) in [5, 5.41) is 6.55. The van der Waals surface area contributed by atoms with Crippen molar-refractivity contribution in [2.24, 2.45) is 0 Å². The molecule has 0 radical (unpaired) electrons. The van der Waals surface area contributed by atoms with Crippen LogP contribution >= 0.6 is 0 Å². The highest BCUT2D eigenvalue weighted by atomic mass is 32.2. The van der Waals surface area contributed by atoms with E-state index >= 15 is 0 Å². The first-order valence-corrected chi connectivity index (χ1v) is 15.0. The lowest BCUT2D eigenvalue weighted by Gasteiger charge is -2.34. The average molecular weight is 605 g/mol. The number of urea groups is 1. The van der Waals surface area contributed by atoms with Gasteiger partial charge in [0, 0.05) is 63.4 Å². The summed E-state index contributed by atoms with van der Waals surface area (Å²) in [6.45, 7) is 3.75. The van der Waals surface area contributed by atoms with Crippen molar-refractivity contribution in [3.63, 3.8) is 0 Å². The van der Waals surface area contributed by atoms with E-state index < -0.39 is 22.1 Å². The minimum absolute atomic E-state index is 0.00628. The maximum absolute atomic E-state index is 13.3. The molecule has 14 heteroatoms. The maximum Gasteiger partial charge on any atom is 0.471 e. The van der Waals surface area contributed by atoms with Crippen molar-refractivity contribution in [1.82, 2.24) is 24.4 Å². The van der Waals surface area contributed by atoms with Gasteiger partial charge in [-0.1, -0.05) is 24.3 Å². The molecular weight excluding hydrogens is 573 g/mol. The minimum atomic E-state index is -4.98. The second kappa shape index (κ2) is 11.9. The number of para-hydroxylation sites is 1. The zero-order chi connectivity index (χ0) is 30.1. The Labute approximate surface area is 241 Å². The van der Waals surface area contributed by atoms with Gasteiger partial charge in [0.2, 0.25) is 10.0 Å². The van der Waals surface area contributed by atoms with Gasteiger partial charge in [-0.05, 0) is 48.7 Å². The number of nitrogens with one attached hydrogen (secondary N) is 2. The lowest BCUT2D eigenvalue weighted by Crippen LogP contribution is -2.50. The van der Waals surface area contributed by atoms with Gasteiger partial charge in [0.15, 0.2) is 0 Å². The van der Waals surface area contributed by atoms with Crippen LogP contribution in [0.2, 0.25) is 0 Å². The van der Waals surface area contributed by atoms with E-state index in [1.54, 1.807) is 6.07 Å². The van der Waals surface area contributed by atoms with Crippen molar-refractivity contribution in [3.8, 4) is 0 Å². The summed E-state index contributed by atoms with van der Waals surface area (Å²) < 4.78 is 66.7. The third-order valence-corrected chi connectivity index (χ3v) is 9.39. The molecular formula is C28H31F3N6O4S. The molecule has 2 aromatic carbocycles. The molecule has 224 valence electrons. The number of sulfonamides is 1. The number of aromatic nitrogens is 1. The van der Waals surface area contributed by atoms with Crippen LogP contribution in [0.4, 0.5) is 23.7 Å². The summed E-state index contributed by atoms with van der Waals surface area (Å²) in [5.74, 6) is -1.93. The minimum Gasteiger partial charge on any atom is -0.337 e. The third kappa shape index (κ3) is 6.50. The normalized spacial score (nSPS) is 16.7. The molecule has 2 aliphatic rings. The molecule has 1 aromatic heterocycles. The number of piperazine rings is 1. The van der Waals surface area contributed by atoms with Crippen LogP contribution in [-0.4, -0.2) is 91.4 Å². The number of alkyl halides is 3. The van der Waals surface area contributed by atoms with Crippen molar-refractivity contribution in [1.29, 1.82) is 0 Å². The Kier molecular flexibility index (Phi) is 8.39. The number of hydrogen-bond acceptors (Lipinski definition) is 6. The first kappa shape index (κ1) is 29.7. The van der Waals surface area contributed by atoms with Gasteiger partial charge in [-0.3, -0.25) is 14.7 Å². The zero-order valence-electron chi connectivity index (χ0n) is 22.9. The topological polar surface area (TPSA) is 115 Å². The third-order valence-electron chi connectivity index (χ3n) is 7.49. The van der Waals surface area contributed by atoms with Crippen LogP contribution in [0.3, 0.4) is 0 Å². The highest BCUT2D eigenvalue weighted by molar-refractivity contribution is 7.89. The Morgan fingerprint density at radius 1 is 0.976 bits per heavy atom. The van der Waals surface area contributed by atoms with Crippen LogP contribution in [0.5, 0.6) is 0 Å². The predicted octanol–water partition coefficient (Wildman–Crippen LogP) is 3.12. The molecule has 0 aliphatic carbocycles. The largest absolute Gasteiger partial charge is 0.471 e.